The summed E-state index contributed by atoms with van der Waals surface area (Å²) in [4.78, 5) is 7.31. The number of methoxy groups -OCH3 is 1. The number of rotatable bonds is 8. The fraction of sp³-hybridized carbons (Fsp3) is 0.650. The zero-order chi connectivity index (χ0) is 21.0. The summed E-state index contributed by atoms with van der Waals surface area (Å²) in [5.74, 6) is 0.893. The maximum Gasteiger partial charge on any atom is 0.240 e. The molecule has 0 bridgehead atoms. The number of ether oxygens (including phenoxy) is 1. The number of sulfonamides is 1. The van der Waals surface area contributed by atoms with Crippen LogP contribution in [-0.2, 0) is 21.3 Å². The van der Waals surface area contributed by atoms with Crippen molar-refractivity contribution in [3.05, 3.63) is 29.8 Å². The molecule has 1 aromatic rings. The van der Waals surface area contributed by atoms with Crippen LogP contribution in [-0.4, -0.2) is 58.2 Å². The van der Waals surface area contributed by atoms with E-state index in [0.717, 1.165) is 24.6 Å². The molecule has 1 aromatic carbocycles. The highest BCUT2D eigenvalue weighted by Crippen LogP contribution is 2.46. The minimum Gasteiger partial charge on any atom is -0.383 e. The SMILES string of the molecule is CCNC(=NCc1ccc(S(=O)(=O)NCCOC)cc1)N1CC(C)(C)C1(C)C.I. The maximum absolute atomic E-state index is 12.2. The van der Waals surface area contributed by atoms with Crippen molar-refractivity contribution in [3.63, 3.8) is 0 Å². The van der Waals surface area contributed by atoms with Crippen molar-refractivity contribution in [2.75, 3.05) is 33.4 Å². The van der Waals surface area contributed by atoms with Gasteiger partial charge in [-0.3, -0.25) is 0 Å². The number of halogens is 1. The molecule has 1 aliphatic heterocycles. The molecule has 0 spiro atoms. The van der Waals surface area contributed by atoms with E-state index in [1.165, 1.54) is 7.11 Å². The van der Waals surface area contributed by atoms with E-state index in [4.69, 9.17) is 9.73 Å². The van der Waals surface area contributed by atoms with Crippen molar-refractivity contribution in [1.29, 1.82) is 0 Å². The number of benzene rings is 1. The van der Waals surface area contributed by atoms with E-state index < -0.39 is 10.0 Å². The van der Waals surface area contributed by atoms with Crippen LogP contribution in [0.5, 0.6) is 0 Å². The molecule has 1 saturated heterocycles. The Kier molecular flexibility index (Phi) is 9.38. The minimum atomic E-state index is -3.51. The Labute approximate surface area is 192 Å². The van der Waals surface area contributed by atoms with Gasteiger partial charge in [-0.2, -0.15) is 0 Å². The first-order valence-electron chi connectivity index (χ1n) is 9.68. The standard InChI is InChI=1S/C20H34N4O3S.HI/c1-7-21-18(24-15-19(2,3)20(24,4)5)22-14-16-8-10-17(11-9-16)28(25,26)23-12-13-27-6;/h8-11,23H,7,12-15H2,1-6H3,(H,21,22);1H. The van der Waals surface area contributed by atoms with E-state index in [-0.39, 0.29) is 46.4 Å². The molecule has 2 N–H and O–H groups in total. The first kappa shape index (κ1) is 26.1. The van der Waals surface area contributed by atoms with Crippen molar-refractivity contribution < 1.29 is 13.2 Å². The second-order valence-electron chi connectivity index (χ2n) is 8.23. The Hall–Kier alpha value is -0.910. The van der Waals surface area contributed by atoms with Crippen LogP contribution >= 0.6 is 24.0 Å². The second kappa shape index (κ2) is 10.4. The number of nitrogens with zero attached hydrogens (tertiary/aromatic N) is 2. The lowest BCUT2D eigenvalue weighted by atomic mass is 9.65. The smallest absolute Gasteiger partial charge is 0.240 e. The van der Waals surface area contributed by atoms with Crippen LogP contribution in [0.1, 0.15) is 40.2 Å². The van der Waals surface area contributed by atoms with Crippen LogP contribution in [0.3, 0.4) is 0 Å². The summed E-state index contributed by atoms with van der Waals surface area (Å²) in [6, 6.07) is 6.85. The van der Waals surface area contributed by atoms with Gasteiger partial charge in [-0.05, 0) is 38.5 Å². The first-order chi connectivity index (χ1) is 13.0. The zero-order valence-electron chi connectivity index (χ0n) is 18.3. The molecular formula is C20H35IN4O3S. The molecule has 7 nitrogen and oxygen atoms in total. The molecule has 0 unspecified atom stereocenters. The molecule has 0 saturated carbocycles. The third kappa shape index (κ3) is 6.05. The van der Waals surface area contributed by atoms with E-state index >= 15 is 0 Å². The van der Waals surface area contributed by atoms with Gasteiger partial charge in [0.1, 0.15) is 0 Å². The minimum absolute atomic E-state index is 0. The summed E-state index contributed by atoms with van der Waals surface area (Å²) in [5, 5.41) is 3.37. The molecule has 1 fully saturated rings. The molecule has 0 radical (unpaired) electrons. The molecule has 29 heavy (non-hydrogen) atoms. The predicted octanol–water partition coefficient (Wildman–Crippen LogP) is 2.82. The van der Waals surface area contributed by atoms with Gasteiger partial charge in [0.05, 0.1) is 18.0 Å². The third-order valence-electron chi connectivity index (χ3n) is 5.72. The Morgan fingerprint density at radius 1 is 1.21 bits per heavy atom. The highest BCUT2D eigenvalue weighted by atomic mass is 127. The van der Waals surface area contributed by atoms with Crippen LogP contribution in [0, 0.1) is 5.41 Å². The second-order valence-corrected chi connectivity index (χ2v) is 10.0. The first-order valence-corrected chi connectivity index (χ1v) is 11.2. The van der Waals surface area contributed by atoms with Gasteiger partial charge in [-0.15, -0.1) is 24.0 Å². The number of guanidine groups is 1. The van der Waals surface area contributed by atoms with Crippen molar-refractivity contribution in [1.82, 2.24) is 14.9 Å². The number of hydrogen-bond donors (Lipinski definition) is 2. The summed E-state index contributed by atoms with van der Waals surface area (Å²) < 4.78 is 31.8. The van der Waals surface area contributed by atoms with Crippen LogP contribution in [0.25, 0.3) is 0 Å². The fourth-order valence-electron chi connectivity index (χ4n) is 3.10. The van der Waals surface area contributed by atoms with Gasteiger partial charge in [-0.25, -0.2) is 18.1 Å². The van der Waals surface area contributed by atoms with E-state index in [1.54, 1.807) is 12.1 Å². The molecular weight excluding hydrogens is 503 g/mol. The molecule has 166 valence electrons. The molecule has 1 aliphatic rings. The predicted molar refractivity (Wildman–Crippen MR) is 128 cm³/mol. The van der Waals surface area contributed by atoms with Crippen molar-refractivity contribution in [3.8, 4) is 0 Å². The Morgan fingerprint density at radius 2 is 1.83 bits per heavy atom. The van der Waals surface area contributed by atoms with Crippen molar-refractivity contribution >= 4 is 40.0 Å². The number of aliphatic imine (C=N–C) groups is 1. The summed E-state index contributed by atoms with van der Waals surface area (Å²) in [6.07, 6.45) is 0. The van der Waals surface area contributed by atoms with Crippen LogP contribution in [0.15, 0.2) is 34.2 Å². The highest BCUT2D eigenvalue weighted by molar-refractivity contribution is 14.0. The summed E-state index contributed by atoms with van der Waals surface area (Å²) in [7, 11) is -1.98. The normalized spacial score (nSPS) is 18.0. The van der Waals surface area contributed by atoms with Gasteiger partial charge in [0.25, 0.3) is 0 Å². The zero-order valence-corrected chi connectivity index (χ0v) is 21.4. The van der Waals surface area contributed by atoms with Crippen LogP contribution in [0.4, 0.5) is 0 Å². The van der Waals surface area contributed by atoms with E-state index in [9.17, 15) is 8.42 Å². The fourth-order valence-corrected chi connectivity index (χ4v) is 4.11. The quantitative estimate of drug-likeness (QED) is 0.230. The van der Waals surface area contributed by atoms with Crippen LogP contribution in [0.2, 0.25) is 0 Å². The Balaban J connectivity index is 0.00000420. The van der Waals surface area contributed by atoms with Crippen molar-refractivity contribution in [2.45, 2.75) is 51.6 Å². The number of nitrogens with one attached hydrogen (secondary N) is 2. The molecule has 0 aromatic heterocycles. The topological polar surface area (TPSA) is 83.0 Å². The average molecular weight is 538 g/mol. The van der Waals surface area contributed by atoms with E-state index in [0.29, 0.717) is 13.2 Å². The molecule has 9 heteroatoms. The van der Waals surface area contributed by atoms with Gasteiger partial charge < -0.3 is 15.0 Å². The third-order valence-corrected chi connectivity index (χ3v) is 7.20. The van der Waals surface area contributed by atoms with Crippen LogP contribution < -0.4 is 10.0 Å². The van der Waals surface area contributed by atoms with Gasteiger partial charge >= 0.3 is 0 Å². The lowest BCUT2D eigenvalue weighted by Crippen LogP contribution is -2.72. The Bertz CT molecular complexity index is 792. The monoisotopic (exact) mass is 538 g/mol. The lowest BCUT2D eigenvalue weighted by Gasteiger charge is -2.62. The van der Waals surface area contributed by atoms with Gasteiger partial charge in [-0.1, -0.05) is 26.0 Å². The average Bonchev–Trinajstić information content (AvgIpc) is 2.64. The molecule has 0 amide bonds. The Morgan fingerprint density at radius 3 is 2.31 bits per heavy atom. The molecule has 0 aliphatic carbocycles. The molecule has 2 rings (SSSR count). The number of likely N-dealkylation sites (tertiary alicyclic amines) is 1. The summed E-state index contributed by atoms with van der Waals surface area (Å²) in [6.45, 7) is 13.9. The van der Waals surface area contributed by atoms with Gasteiger partial charge in [0.2, 0.25) is 10.0 Å². The lowest BCUT2D eigenvalue weighted by molar-refractivity contribution is -0.0667. The largest absolute Gasteiger partial charge is 0.383 e. The van der Waals surface area contributed by atoms with Crippen molar-refractivity contribution in [2.24, 2.45) is 10.4 Å². The molecule has 1 heterocycles. The van der Waals surface area contributed by atoms with E-state index in [2.05, 4.69) is 49.6 Å². The highest BCUT2D eigenvalue weighted by Gasteiger charge is 2.53. The van der Waals surface area contributed by atoms with Gasteiger partial charge in [0, 0.05) is 37.7 Å². The maximum atomic E-state index is 12.2. The summed E-state index contributed by atoms with van der Waals surface area (Å²) in [5.41, 5.74) is 1.22. The van der Waals surface area contributed by atoms with E-state index in [1.807, 2.05) is 12.1 Å². The van der Waals surface area contributed by atoms with Gasteiger partial charge in [0.15, 0.2) is 5.96 Å². The summed E-state index contributed by atoms with van der Waals surface area (Å²) >= 11 is 0. The molecule has 0 atom stereocenters. The number of hydrogen-bond acceptors (Lipinski definition) is 4.